The Hall–Kier alpha value is -3.37. The molecular formula is C23H18ClN3O. The Bertz CT molecular complexity index is 1090. The fourth-order valence-corrected chi connectivity index (χ4v) is 3.24. The number of carbonyl (C=O) groups excluding carboxylic acids is 1. The van der Waals surface area contributed by atoms with Crippen molar-refractivity contribution in [2.75, 3.05) is 5.32 Å². The van der Waals surface area contributed by atoms with E-state index in [2.05, 4.69) is 22.5 Å². The number of benzene rings is 3. The summed E-state index contributed by atoms with van der Waals surface area (Å²) in [5.74, 6) is -0.190. The van der Waals surface area contributed by atoms with Crippen LogP contribution in [0.4, 0.5) is 5.69 Å². The van der Waals surface area contributed by atoms with Crippen LogP contribution in [0.15, 0.2) is 91.3 Å². The standard InChI is InChI=1S/C23H18ClN3O/c24-21-8-3-4-9-22(21)26-23(28)20-7-2-1-6-19(20)18-12-10-17(11-13-18)16-27-15-5-14-25-27/h1-15H,16H2,(H,26,28). The topological polar surface area (TPSA) is 46.9 Å². The Morgan fingerprint density at radius 1 is 0.929 bits per heavy atom. The Morgan fingerprint density at radius 2 is 1.68 bits per heavy atom. The molecule has 0 radical (unpaired) electrons. The predicted molar refractivity (Wildman–Crippen MR) is 113 cm³/mol. The van der Waals surface area contributed by atoms with Gasteiger partial charge in [0.1, 0.15) is 0 Å². The second kappa shape index (κ2) is 8.11. The molecule has 4 nitrogen and oxygen atoms in total. The first-order valence-electron chi connectivity index (χ1n) is 8.92. The Kier molecular flexibility index (Phi) is 5.22. The lowest BCUT2D eigenvalue weighted by Crippen LogP contribution is -2.13. The van der Waals surface area contributed by atoms with Crippen LogP contribution in [-0.2, 0) is 6.54 Å². The molecule has 0 spiro atoms. The van der Waals surface area contributed by atoms with Gasteiger partial charge < -0.3 is 5.32 Å². The largest absolute Gasteiger partial charge is 0.321 e. The molecule has 0 unspecified atom stereocenters. The number of anilines is 1. The third-order valence-corrected chi connectivity index (χ3v) is 4.79. The van der Waals surface area contributed by atoms with E-state index >= 15 is 0 Å². The molecule has 1 N–H and O–H groups in total. The molecule has 0 saturated carbocycles. The van der Waals surface area contributed by atoms with E-state index in [0.29, 0.717) is 22.8 Å². The smallest absolute Gasteiger partial charge is 0.256 e. The third-order valence-electron chi connectivity index (χ3n) is 4.46. The molecule has 0 fully saturated rings. The molecule has 0 aliphatic carbocycles. The van der Waals surface area contributed by atoms with E-state index in [-0.39, 0.29) is 5.91 Å². The van der Waals surface area contributed by atoms with Crippen molar-refractivity contribution >= 4 is 23.2 Å². The number of nitrogens with zero attached hydrogens (tertiary/aromatic N) is 2. The molecule has 138 valence electrons. The van der Waals surface area contributed by atoms with Gasteiger partial charge in [0.2, 0.25) is 0 Å². The van der Waals surface area contributed by atoms with Crippen LogP contribution in [0.5, 0.6) is 0 Å². The van der Waals surface area contributed by atoms with E-state index in [0.717, 1.165) is 16.7 Å². The Labute approximate surface area is 168 Å². The van der Waals surface area contributed by atoms with Crippen molar-refractivity contribution in [3.8, 4) is 11.1 Å². The number of hydrogen-bond acceptors (Lipinski definition) is 2. The molecular weight excluding hydrogens is 370 g/mol. The summed E-state index contributed by atoms with van der Waals surface area (Å²) in [6.45, 7) is 0.710. The van der Waals surface area contributed by atoms with Gasteiger partial charge in [-0.15, -0.1) is 0 Å². The quantitative estimate of drug-likeness (QED) is 0.491. The summed E-state index contributed by atoms with van der Waals surface area (Å²) in [7, 11) is 0. The molecule has 4 rings (SSSR count). The molecule has 1 aromatic heterocycles. The van der Waals surface area contributed by atoms with Gasteiger partial charge >= 0.3 is 0 Å². The zero-order valence-corrected chi connectivity index (χ0v) is 15.8. The fourth-order valence-electron chi connectivity index (χ4n) is 3.06. The minimum atomic E-state index is -0.190. The summed E-state index contributed by atoms with van der Waals surface area (Å²) in [5, 5.41) is 7.64. The highest BCUT2D eigenvalue weighted by atomic mass is 35.5. The van der Waals surface area contributed by atoms with E-state index in [1.54, 1.807) is 18.3 Å². The number of amides is 1. The molecule has 1 heterocycles. The average Bonchev–Trinajstić information content (AvgIpc) is 3.23. The number of para-hydroxylation sites is 1. The monoisotopic (exact) mass is 387 g/mol. The number of aromatic nitrogens is 2. The van der Waals surface area contributed by atoms with Crippen LogP contribution in [0.2, 0.25) is 5.02 Å². The maximum Gasteiger partial charge on any atom is 0.256 e. The van der Waals surface area contributed by atoms with Crippen molar-refractivity contribution in [3.63, 3.8) is 0 Å². The second-order valence-electron chi connectivity index (χ2n) is 6.38. The van der Waals surface area contributed by atoms with Gasteiger partial charge in [0.05, 0.1) is 17.3 Å². The highest BCUT2D eigenvalue weighted by Crippen LogP contribution is 2.27. The van der Waals surface area contributed by atoms with E-state index < -0.39 is 0 Å². The van der Waals surface area contributed by atoms with Gasteiger partial charge in [-0.25, -0.2) is 0 Å². The molecule has 0 bridgehead atoms. The van der Waals surface area contributed by atoms with Crippen LogP contribution < -0.4 is 5.32 Å². The van der Waals surface area contributed by atoms with E-state index in [9.17, 15) is 4.79 Å². The lowest BCUT2D eigenvalue weighted by molar-refractivity contribution is 0.102. The van der Waals surface area contributed by atoms with Crippen LogP contribution in [-0.4, -0.2) is 15.7 Å². The van der Waals surface area contributed by atoms with E-state index in [4.69, 9.17) is 11.6 Å². The Balaban J connectivity index is 1.59. The molecule has 4 aromatic rings. The predicted octanol–water partition coefficient (Wildman–Crippen LogP) is 5.50. The van der Waals surface area contributed by atoms with Crippen LogP contribution in [0, 0.1) is 0 Å². The fraction of sp³-hybridized carbons (Fsp3) is 0.0435. The molecule has 0 aliphatic rings. The first kappa shape index (κ1) is 18.0. The number of halogens is 1. The van der Waals surface area contributed by atoms with E-state index in [1.807, 2.05) is 65.5 Å². The minimum Gasteiger partial charge on any atom is -0.321 e. The number of hydrogen-bond donors (Lipinski definition) is 1. The highest BCUT2D eigenvalue weighted by molar-refractivity contribution is 6.34. The number of rotatable bonds is 5. The summed E-state index contributed by atoms with van der Waals surface area (Å²) >= 11 is 6.17. The lowest BCUT2D eigenvalue weighted by atomic mass is 9.98. The first-order chi connectivity index (χ1) is 13.7. The van der Waals surface area contributed by atoms with Crippen LogP contribution in [0.25, 0.3) is 11.1 Å². The van der Waals surface area contributed by atoms with Gasteiger partial charge in [0.25, 0.3) is 5.91 Å². The number of carbonyl (C=O) groups is 1. The zero-order chi connectivity index (χ0) is 19.3. The van der Waals surface area contributed by atoms with Gasteiger partial charge in [0.15, 0.2) is 0 Å². The molecule has 0 aliphatic heterocycles. The molecule has 5 heteroatoms. The summed E-state index contributed by atoms with van der Waals surface area (Å²) in [5.41, 5.74) is 4.19. The zero-order valence-electron chi connectivity index (χ0n) is 15.0. The molecule has 28 heavy (non-hydrogen) atoms. The first-order valence-corrected chi connectivity index (χ1v) is 9.30. The third kappa shape index (κ3) is 3.97. The van der Waals surface area contributed by atoms with Crippen LogP contribution >= 0.6 is 11.6 Å². The van der Waals surface area contributed by atoms with Gasteiger partial charge in [0, 0.05) is 18.0 Å². The average molecular weight is 388 g/mol. The van der Waals surface area contributed by atoms with Gasteiger partial charge in [-0.1, -0.05) is 66.2 Å². The second-order valence-corrected chi connectivity index (χ2v) is 6.79. The SMILES string of the molecule is O=C(Nc1ccccc1Cl)c1ccccc1-c1ccc(Cn2cccn2)cc1. The van der Waals surface area contributed by atoms with Crippen LogP contribution in [0.1, 0.15) is 15.9 Å². The van der Waals surface area contributed by atoms with Crippen molar-refractivity contribution in [2.24, 2.45) is 0 Å². The summed E-state index contributed by atoms with van der Waals surface area (Å²) in [6, 6.07) is 24.8. The highest BCUT2D eigenvalue weighted by Gasteiger charge is 2.13. The molecule has 0 atom stereocenters. The minimum absolute atomic E-state index is 0.190. The Morgan fingerprint density at radius 3 is 2.43 bits per heavy atom. The van der Waals surface area contributed by atoms with Crippen molar-refractivity contribution in [2.45, 2.75) is 6.54 Å². The van der Waals surface area contributed by atoms with Crippen molar-refractivity contribution in [1.82, 2.24) is 9.78 Å². The van der Waals surface area contributed by atoms with Gasteiger partial charge in [-0.3, -0.25) is 9.48 Å². The van der Waals surface area contributed by atoms with Crippen molar-refractivity contribution in [3.05, 3.63) is 107 Å². The molecule has 0 saturated heterocycles. The maximum atomic E-state index is 12.9. The molecule has 3 aromatic carbocycles. The van der Waals surface area contributed by atoms with Crippen molar-refractivity contribution in [1.29, 1.82) is 0 Å². The van der Waals surface area contributed by atoms with Crippen LogP contribution in [0.3, 0.4) is 0 Å². The summed E-state index contributed by atoms with van der Waals surface area (Å²) in [6.07, 6.45) is 3.70. The van der Waals surface area contributed by atoms with Crippen molar-refractivity contribution < 1.29 is 4.79 Å². The van der Waals surface area contributed by atoms with Gasteiger partial charge in [-0.05, 0) is 41.0 Å². The van der Waals surface area contributed by atoms with Gasteiger partial charge in [-0.2, -0.15) is 5.10 Å². The summed E-state index contributed by atoms with van der Waals surface area (Å²) < 4.78 is 1.88. The maximum absolute atomic E-state index is 12.9. The van der Waals surface area contributed by atoms with E-state index in [1.165, 1.54) is 0 Å². The summed E-state index contributed by atoms with van der Waals surface area (Å²) in [4.78, 5) is 12.9. The normalized spacial score (nSPS) is 10.6. The lowest BCUT2D eigenvalue weighted by Gasteiger charge is -2.12. The number of nitrogens with one attached hydrogen (secondary N) is 1. The molecule has 1 amide bonds.